The quantitative estimate of drug-likeness (QED) is 0.827. The number of sulfonamides is 1. The topological polar surface area (TPSA) is 73.0 Å². The number of hydrazine groups is 1. The molecule has 26 heavy (non-hydrogen) atoms. The van der Waals surface area contributed by atoms with Crippen molar-refractivity contribution < 1.29 is 13.2 Å². The van der Waals surface area contributed by atoms with E-state index in [2.05, 4.69) is 10.3 Å². The molecule has 7 nitrogen and oxygen atoms in total. The maximum Gasteiger partial charge on any atom is 0.265 e. The van der Waals surface area contributed by atoms with Gasteiger partial charge in [-0.15, -0.1) is 0 Å². The zero-order chi connectivity index (χ0) is 18.7. The molecule has 0 radical (unpaired) electrons. The summed E-state index contributed by atoms with van der Waals surface area (Å²) in [6.07, 6.45) is 2.73. The summed E-state index contributed by atoms with van der Waals surface area (Å²) >= 11 is 6.16. The minimum atomic E-state index is -3.69. The molecule has 0 unspecified atom stereocenters. The number of halogens is 1. The van der Waals surface area contributed by atoms with E-state index in [1.54, 1.807) is 6.07 Å². The number of hydrogen-bond donors (Lipinski definition) is 1. The Morgan fingerprint density at radius 3 is 2.35 bits per heavy atom. The highest BCUT2D eigenvalue weighted by molar-refractivity contribution is 7.89. The Morgan fingerprint density at radius 2 is 1.69 bits per heavy atom. The van der Waals surface area contributed by atoms with Crippen molar-refractivity contribution in [1.29, 1.82) is 0 Å². The van der Waals surface area contributed by atoms with E-state index in [0.29, 0.717) is 18.7 Å². The van der Waals surface area contributed by atoms with Gasteiger partial charge >= 0.3 is 0 Å². The molecule has 1 N–H and O–H groups in total. The van der Waals surface area contributed by atoms with Gasteiger partial charge in [-0.3, -0.25) is 10.2 Å². The van der Waals surface area contributed by atoms with Crippen LogP contribution in [0.3, 0.4) is 0 Å². The molecular formula is C17H25ClN4O3S. The summed E-state index contributed by atoms with van der Waals surface area (Å²) in [6.45, 7) is 4.20. The van der Waals surface area contributed by atoms with Crippen molar-refractivity contribution in [3.8, 4) is 0 Å². The van der Waals surface area contributed by atoms with Crippen molar-refractivity contribution in [2.45, 2.75) is 24.2 Å². The molecule has 2 aliphatic rings. The highest BCUT2D eigenvalue weighted by Gasteiger charge is 2.29. The second kappa shape index (κ2) is 8.22. The molecule has 1 amide bonds. The first-order chi connectivity index (χ1) is 12.4. The lowest BCUT2D eigenvalue weighted by molar-refractivity contribution is 0.0662. The maximum absolute atomic E-state index is 12.9. The molecule has 2 saturated heterocycles. The van der Waals surface area contributed by atoms with Crippen LogP contribution in [0.4, 0.5) is 0 Å². The molecule has 9 heteroatoms. The average Bonchev–Trinajstić information content (AvgIpc) is 2.64. The van der Waals surface area contributed by atoms with Gasteiger partial charge in [-0.05, 0) is 38.1 Å². The second-order valence-corrected chi connectivity index (χ2v) is 9.15. The number of hydrogen-bond acceptors (Lipinski definition) is 5. The molecular weight excluding hydrogens is 376 g/mol. The summed E-state index contributed by atoms with van der Waals surface area (Å²) in [5, 5.41) is 2.00. The fourth-order valence-corrected chi connectivity index (χ4v) is 5.23. The van der Waals surface area contributed by atoms with Crippen molar-refractivity contribution in [3.63, 3.8) is 0 Å². The third-order valence-electron chi connectivity index (χ3n) is 4.89. The molecule has 2 fully saturated rings. The predicted octanol–water partition coefficient (Wildman–Crippen LogP) is 1.41. The molecule has 1 aromatic carbocycles. The Bertz CT molecular complexity index is 757. The highest BCUT2D eigenvalue weighted by Crippen LogP contribution is 2.27. The molecule has 1 aromatic rings. The summed E-state index contributed by atoms with van der Waals surface area (Å²) in [5.41, 5.74) is 3.14. The first kappa shape index (κ1) is 19.6. The number of nitrogens with zero attached hydrogens (tertiary/aromatic N) is 3. The number of carbonyl (C=O) groups is 1. The normalized spacial score (nSPS) is 20.8. The zero-order valence-corrected chi connectivity index (χ0v) is 16.5. The van der Waals surface area contributed by atoms with Crippen LogP contribution in [0.1, 0.15) is 29.6 Å². The van der Waals surface area contributed by atoms with E-state index in [0.717, 1.165) is 45.4 Å². The molecule has 0 bridgehead atoms. The monoisotopic (exact) mass is 400 g/mol. The van der Waals surface area contributed by atoms with Crippen molar-refractivity contribution in [1.82, 2.24) is 19.6 Å². The molecule has 0 aliphatic carbocycles. The number of likely N-dealkylation sites (N-methyl/N-ethyl adjacent to an activating group) is 1. The number of rotatable bonds is 4. The number of benzene rings is 1. The van der Waals surface area contributed by atoms with Gasteiger partial charge in [0.1, 0.15) is 4.90 Å². The van der Waals surface area contributed by atoms with Gasteiger partial charge in [0.25, 0.3) is 5.91 Å². The Balaban J connectivity index is 1.77. The van der Waals surface area contributed by atoms with Gasteiger partial charge in [0.05, 0.1) is 5.02 Å². The van der Waals surface area contributed by atoms with Gasteiger partial charge in [0, 0.05) is 44.8 Å². The number of amides is 1. The van der Waals surface area contributed by atoms with E-state index in [9.17, 15) is 13.2 Å². The van der Waals surface area contributed by atoms with Gasteiger partial charge in [-0.25, -0.2) is 13.4 Å². The van der Waals surface area contributed by atoms with Crippen LogP contribution in [-0.4, -0.2) is 74.9 Å². The summed E-state index contributed by atoms with van der Waals surface area (Å²) in [6, 6.07) is 4.43. The van der Waals surface area contributed by atoms with Crippen LogP contribution in [0.5, 0.6) is 0 Å². The van der Waals surface area contributed by atoms with Gasteiger partial charge in [-0.1, -0.05) is 18.0 Å². The van der Waals surface area contributed by atoms with Crippen molar-refractivity contribution >= 4 is 27.5 Å². The molecule has 0 saturated carbocycles. The Hall–Kier alpha value is -1.19. The van der Waals surface area contributed by atoms with E-state index in [-0.39, 0.29) is 15.8 Å². The number of carbonyl (C=O) groups excluding carboxylic acids is 1. The Labute approximate surface area is 159 Å². The van der Waals surface area contributed by atoms with Crippen LogP contribution in [0.25, 0.3) is 0 Å². The largest absolute Gasteiger partial charge is 0.304 e. The van der Waals surface area contributed by atoms with Crippen LogP contribution in [0.2, 0.25) is 5.02 Å². The molecule has 144 valence electrons. The van der Waals surface area contributed by atoms with E-state index in [1.807, 2.05) is 12.1 Å². The van der Waals surface area contributed by atoms with E-state index < -0.39 is 10.0 Å². The first-order valence-electron chi connectivity index (χ1n) is 8.92. The summed E-state index contributed by atoms with van der Waals surface area (Å²) in [5.74, 6) is -0.318. The van der Waals surface area contributed by atoms with E-state index in [1.165, 1.54) is 16.4 Å². The summed E-state index contributed by atoms with van der Waals surface area (Å²) < 4.78 is 27.3. The smallest absolute Gasteiger partial charge is 0.265 e. The zero-order valence-electron chi connectivity index (χ0n) is 14.9. The van der Waals surface area contributed by atoms with Crippen molar-refractivity contribution in [2.75, 3.05) is 46.3 Å². The van der Waals surface area contributed by atoms with Crippen LogP contribution in [0, 0.1) is 0 Å². The minimum absolute atomic E-state index is 0.00657. The van der Waals surface area contributed by atoms with Crippen LogP contribution >= 0.6 is 11.6 Å². The number of nitrogens with one attached hydrogen (secondary N) is 1. The number of piperidine rings is 1. The summed E-state index contributed by atoms with van der Waals surface area (Å²) in [4.78, 5) is 14.7. The van der Waals surface area contributed by atoms with Crippen molar-refractivity contribution in [3.05, 3.63) is 28.8 Å². The molecule has 2 aliphatic heterocycles. The lowest BCUT2D eigenvalue weighted by atomic mass is 10.2. The lowest BCUT2D eigenvalue weighted by Crippen LogP contribution is -2.52. The van der Waals surface area contributed by atoms with E-state index >= 15 is 0 Å². The fourth-order valence-electron chi connectivity index (χ4n) is 3.21. The molecule has 0 atom stereocenters. The standard InChI is InChI=1S/C17H25ClN4O3S/c1-20-9-11-21(12-10-20)19-17(23)14-5-6-15(18)16(13-14)26(24,25)22-7-3-2-4-8-22/h5-6,13H,2-4,7-12H2,1H3,(H,19,23). The van der Waals surface area contributed by atoms with Gasteiger partial charge in [0.2, 0.25) is 10.0 Å². The minimum Gasteiger partial charge on any atom is -0.304 e. The van der Waals surface area contributed by atoms with Gasteiger partial charge in [0.15, 0.2) is 0 Å². The molecule has 2 heterocycles. The van der Waals surface area contributed by atoms with Crippen molar-refractivity contribution in [2.24, 2.45) is 0 Å². The van der Waals surface area contributed by atoms with E-state index in [4.69, 9.17) is 11.6 Å². The van der Waals surface area contributed by atoms with Crippen LogP contribution < -0.4 is 5.43 Å². The maximum atomic E-state index is 12.9. The third-order valence-corrected chi connectivity index (χ3v) is 7.27. The van der Waals surface area contributed by atoms with Gasteiger partial charge < -0.3 is 4.90 Å². The summed E-state index contributed by atoms with van der Waals surface area (Å²) in [7, 11) is -1.65. The predicted molar refractivity (Wildman–Crippen MR) is 101 cm³/mol. The molecule has 3 rings (SSSR count). The Morgan fingerprint density at radius 1 is 1.04 bits per heavy atom. The fraction of sp³-hybridized carbons (Fsp3) is 0.588. The molecule has 0 spiro atoms. The lowest BCUT2D eigenvalue weighted by Gasteiger charge is -2.32. The highest BCUT2D eigenvalue weighted by atomic mass is 35.5. The van der Waals surface area contributed by atoms with Crippen LogP contribution in [-0.2, 0) is 10.0 Å². The average molecular weight is 401 g/mol. The number of piperazine rings is 1. The SMILES string of the molecule is CN1CCN(NC(=O)c2ccc(Cl)c(S(=O)(=O)N3CCCCC3)c2)CC1. The van der Waals surface area contributed by atoms with Gasteiger partial charge in [-0.2, -0.15) is 4.31 Å². The molecule has 0 aromatic heterocycles. The Kier molecular flexibility index (Phi) is 6.19. The van der Waals surface area contributed by atoms with Crippen LogP contribution in [0.15, 0.2) is 23.1 Å². The third kappa shape index (κ3) is 4.37. The first-order valence-corrected chi connectivity index (χ1v) is 10.7. The second-order valence-electron chi connectivity index (χ2n) is 6.84.